The van der Waals surface area contributed by atoms with Gasteiger partial charge in [-0.3, -0.25) is 9.48 Å². The zero-order valence-electron chi connectivity index (χ0n) is 14.6. The Hall–Kier alpha value is -2.77. The maximum absolute atomic E-state index is 13.1. The molecule has 0 fully saturated rings. The fourth-order valence-electron chi connectivity index (χ4n) is 2.98. The third-order valence-electron chi connectivity index (χ3n) is 4.17. The number of aromatic nitrogens is 2. The van der Waals surface area contributed by atoms with Gasteiger partial charge in [0.05, 0.1) is 5.56 Å². The van der Waals surface area contributed by atoms with Crippen molar-refractivity contribution in [1.82, 2.24) is 14.7 Å². The molecule has 138 valence electrons. The number of alkyl halides is 3. The molecule has 0 saturated heterocycles. The van der Waals surface area contributed by atoms with Crippen molar-refractivity contribution in [2.24, 2.45) is 7.05 Å². The summed E-state index contributed by atoms with van der Waals surface area (Å²) in [5.74, 6) is -0.0224. The summed E-state index contributed by atoms with van der Waals surface area (Å²) >= 11 is 0. The average Bonchev–Trinajstić information content (AvgIpc) is 3.15. The van der Waals surface area contributed by atoms with Crippen molar-refractivity contribution in [3.05, 3.63) is 53.0 Å². The van der Waals surface area contributed by atoms with Crippen molar-refractivity contribution < 1.29 is 22.4 Å². The summed E-state index contributed by atoms with van der Waals surface area (Å²) in [5.41, 5.74) is -0.146. The second kappa shape index (κ2) is 6.51. The normalized spacial score (nSPS) is 11.9. The molecule has 0 aliphatic rings. The molecule has 1 amide bonds. The number of hydrogen-bond donors (Lipinski definition) is 0. The maximum Gasteiger partial charge on any atom is 0.435 e. The van der Waals surface area contributed by atoms with Gasteiger partial charge >= 0.3 is 6.18 Å². The first kappa shape index (κ1) is 18.0. The number of benzene rings is 1. The van der Waals surface area contributed by atoms with E-state index in [0.717, 1.165) is 21.8 Å². The molecular weight excluding hydrogens is 347 g/mol. The van der Waals surface area contributed by atoms with E-state index in [2.05, 4.69) is 5.10 Å². The highest BCUT2D eigenvalue weighted by atomic mass is 19.4. The van der Waals surface area contributed by atoms with Gasteiger partial charge in [-0.1, -0.05) is 25.1 Å². The molecule has 3 rings (SSSR count). The molecule has 26 heavy (non-hydrogen) atoms. The van der Waals surface area contributed by atoms with Crippen LogP contribution in [0, 0.1) is 0 Å². The van der Waals surface area contributed by atoms with Crippen LogP contribution in [0.3, 0.4) is 0 Å². The molecule has 0 unspecified atom stereocenters. The lowest BCUT2D eigenvalue weighted by molar-refractivity contribution is -0.141. The zero-order valence-corrected chi connectivity index (χ0v) is 14.6. The summed E-state index contributed by atoms with van der Waals surface area (Å²) in [4.78, 5) is 13.9. The Morgan fingerprint density at radius 3 is 2.65 bits per heavy atom. The van der Waals surface area contributed by atoms with E-state index in [-0.39, 0.29) is 6.54 Å². The Bertz CT molecular complexity index is 956. The van der Waals surface area contributed by atoms with Crippen molar-refractivity contribution in [3.63, 3.8) is 0 Å². The molecule has 0 atom stereocenters. The summed E-state index contributed by atoms with van der Waals surface area (Å²) in [7, 11) is 2.82. The van der Waals surface area contributed by atoms with Crippen LogP contribution in [0.15, 0.2) is 34.9 Å². The molecule has 5 nitrogen and oxygen atoms in total. The number of para-hydroxylation sites is 1. The van der Waals surface area contributed by atoms with Crippen LogP contribution in [0.5, 0.6) is 0 Å². The number of halogens is 3. The van der Waals surface area contributed by atoms with Crippen LogP contribution in [-0.4, -0.2) is 27.6 Å². The van der Waals surface area contributed by atoms with Crippen molar-refractivity contribution in [1.29, 1.82) is 0 Å². The monoisotopic (exact) mass is 365 g/mol. The Balaban J connectivity index is 1.94. The number of carbonyl (C=O) groups excluding carboxylic acids is 1. The standard InChI is InChI=1S/C18H18F3N3O2/c1-4-14-12(11-7-5-6-8-15(11)26-14)9-23(2)17(25)13-10-24(3)22-16(13)18(19,20)21/h5-8,10H,4,9H2,1-3H3. The van der Waals surface area contributed by atoms with Crippen molar-refractivity contribution in [3.8, 4) is 0 Å². The number of furan rings is 1. The fraction of sp³-hybridized carbons (Fsp3) is 0.333. The summed E-state index contributed by atoms with van der Waals surface area (Å²) < 4.78 is 46.2. The van der Waals surface area contributed by atoms with E-state index < -0.39 is 23.3 Å². The molecule has 0 aliphatic carbocycles. The van der Waals surface area contributed by atoms with Gasteiger partial charge in [0.15, 0.2) is 5.69 Å². The highest BCUT2D eigenvalue weighted by Gasteiger charge is 2.39. The van der Waals surface area contributed by atoms with Gasteiger partial charge in [-0.15, -0.1) is 0 Å². The van der Waals surface area contributed by atoms with Crippen LogP contribution in [0.25, 0.3) is 11.0 Å². The van der Waals surface area contributed by atoms with Gasteiger partial charge in [-0.2, -0.15) is 18.3 Å². The summed E-state index contributed by atoms with van der Waals surface area (Å²) in [5, 5.41) is 4.24. The van der Waals surface area contributed by atoms with Gasteiger partial charge in [0, 0.05) is 44.2 Å². The Kier molecular flexibility index (Phi) is 4.52. The first-order valence-corrected chi connectivity index (χ1v) is 8.08. The van der Waals surface area contributed by atoms with E-state index >= 15 is 0 Å². The Morgan fingerprint density at radius 2 is 2.00 bits per heavy atom. The van der Waals surface area contributed by atoms with E-state index in [0.29, 0.717) is 17.8 Å². The predicted octanol–water partition coefficient (Wildman–Crippen LogP) is 4.02. The van der Waals surface area contributed by atoms with E-state index in [1.807, 2.05) is 31.2 Å². The zero-order chi connectivity index (χ0) is 19.1. The third kappa shape index (κ3) is 3.18. The molecule has 0 saturated carbocycles. The maximum atomic E-state index is 13.1. The minimum Gasteiger partial charge on any atom is -0.461 e. The number of carbonyl (C=O) groups is 1. The quantitative estimate of drug-likeness (QED) is 0.702. The number of aryl methyl sites for hydroxylation is 2. The molecule has 0 radical (unpaired) electrons. The van der Waals surface area contributed by atoms with Crippen molar-refractivity contribution in [2.75, 3.05) is 7.05 Å². The van der Waals surface area contributed by atoms with Gasteiger partial charge in [0.2, 0.25) is 0 Å². The molecule has 0 N–H and O–H groups in total. The molecule has 2 aromatic heterocycles. The van der Waals surface area contributed by atoms with Crippen LogP contribution in [0.1, 0.15) is 34.3 Å². The van der Waals surface area contributed by atoms with Crippen LogP contribution in [0.2, 0.25) is 0 Å². The number of fused-ring (bicyclic) bond motifs is 1. The molecule has 2 heterocycles. The third-order valence-corrected chi connectivity index (χ3v) is 4.17. The summed E-state index contributed by atoms with van der Waals surface area (Å²) in [6.07, 6.45) is -2.98. The van der Waals surface area contributed by atoms with Crippen molar-refractivity contribution in [2.45, 2.75) is 26.1 Å². The van der Waals surface area contributed by atoms with E-state index in [1.54, 1.807) is 0 Å². The molecule has 1 aromatic carbocycles. The van der Waals surface area contributed by atoms with Crippen molar-refractivity contribution >= 4 is 16.9 Å². The van der Waals surface area contributed by atoms with Gasteiger partial charge < -0.3 is 9.32 Å². The molecule has 0 bridgehead atoms. The van der Waals surface area contributed by atoms with Gasteiger partial charge in [0.25, 0.3) is 5.91 Å². The molecular formula is C18H18F3N3O2. The van der Waals surface area contributed by atoms with Crippen LogP contribution >= 0.6 is 0 Å². The highest BCUT2D eigenvalue weighted by Crippen LogP contribution is 2.32. The molecule has 3 aromatic rings. The first-order valence-electron chi connectivity index (χ1n) is 8.08. The SMILES string of the molecule is CCc1oc2ccccc2c1CN(C)C(=O)c1cn(C)nc1C(F)(F)F. The van der Waals surface area contributed by atoms with E-state index in [4.69, 9.17) is 4.42 Å². The number of nitrogens with zero attached hydrogens (tertiary/aromatic N) is 3. The Morgan fingerprint density at radius 1 is 1.31 bits per heavy atom. The lowest BCUT2D eigenvalue weighted by atomic mass is 10.1. The summed E-state index contributed by atoms with van der Waals surface area (Å²) in [6.45, 7) is 2.07. The number of hydrogen-bond acceptors (Lipinski definition) is 3. The average molecular weight is 365 g/mol. The minimum absolute atomic E-state index is 0.144. The number of amides is 1. The Labute approximate surface area is 148 Å². The van der Waals surface area contributed by atoms with Crippen LogP contribution < -0.4 is 0 Å². The second-order valence-corrected chi connectivity index (χ2v) is 6.08. The van der Waals surface area contributed by atoms with Crippen LogP contribution in [0.4, 0.5) is 13.2 Å². The topological polar surface area (TPSA) is 51.3 Å². The van der Waals surface area contributed by atoms with Crippen LogP contribution in [-0.2, 0) is 26.2 Å². The summed E-state index contributed by atoms with van der Waals surface area (Å²) in [6, 6.07) is 7.39. The predicted molar refractivity (Wildman–Crippen MR) is 89.6 cm³/mol. The van der Waals surface area contributed by atoms with E-state index in [1.165, 1.54) is 19.0 Å². The molecule has 8 heteroatoms. The van der Waals surface area contributed by atoms with Gasteiger partial charge in [0.1, 0.15) is 11.3 Å². The lowest BCUT2D eigenvalue weighted by Gasteiger charge is -2.17. The van der Waals surface area contributed by atoms with Gasteiger partial charge in [-0.25, -0.2) is 0 Å². The fourth-order valence-corrected chi connectivity index (χ4v) is 2.98. The molecule has 0 spiro atoms. The minimum atomic E-state index is -4.69. The van der Waals surface area contributed by atoms with Gasteiger partial charge in [-0.05, 0) is 6.07 Å². The smallest absolute Gasteiger partial charge is 0.435 e. The number of rotatable bonds is 4. The van der Waals surface area contributed by atoms with E-state index in [9.17, 15) is 18.0 Å². The molecule has 0 aliphatic heterocycles. The lowest BCUT2D eigenvalue weighted by Crippen LogP contribution is -2.28. The second-order valence-electron chi connectivity index (χ2n) is 6.08. The first-order chi connectivity index (χ1) is 12.2. The largest absolute Gasteiger partial charge is 0.461 e. The highest BCUT2D eigenvalue weighted by molar-refractivity contribution is 5.95.